The summed E-state index contributed by atoms with van der Waals surface area (Å²) in [5, 5.41) is 10.8. The molecule has 2 N–H and O–H groups in total. The van der Waals surface area contributed by atoms with Crippen LogP contribution in [0.1, 0.15) is 18.1 Å². The van der Waals surface area contributed by atoms with E-state index in [-0.39, 0.29) is 11.4 Å². The maximum atomic E-state index is 12.1. The topological polar surface area (TPSA) is 67.4 Å². The third kappa shape index (κ3) is 3.93. The molecule has 3 aromatic rings. The summed E-state index contributed by atoms with van der Waals surface area (Å²) in [6.07, 6.45) is 0. The van der Waals surface area contributed by atoms with Gasteiger partial charge in [0.2, 0.25) is 0 Å². The van der Waals surface area contributed by atoms with Crippen LogP contribution in [0.15, 0.2) is 51.7 Å². The highest BCUT2D eigenvalue weighted by atomic mass is 16.5. The summed E-state index contributed by atoms with van der Waals surface area (Å²) in [6.45, 7) is 8.98. The number of hydrogen-bond acceptors (Lipinski definition) is 5. The predicted octanol–water partition coefficient (Wildman–Crippen LogP) is 2.11. The zero-order valence-corrected chi connectivity index (χ0v) is 16.9. The second-order valence-corrected chi connectivity index (χ2v) is 7.49. The molecule has 2 aromatic carbocycles. The van der Waals surface area contributed by atoms with Crippen LogP contribution in [0, 0.1) is 6.92 Å². The Labute approximate surface area is 169 Å². The van der Waals surface area contributed by atoms with Gasteiger partial charge in [0.05, 0.1) is 38.5 Å². The molecule has 4 rings (SSSR count). The Morgan fingerprint density at radius 3 is 2.69 bits per heavy atom. The first-order valence-electron chi connectivity index (χ1n) is 10.1. The lowest BCUT2D eigenvalue weighted by molar-refractivity contribution is -0.914. The molecule has 0 radical (unpaired) electrons. The lowest BCUT2D eigenvalue weighted by Gasteiger charge is -2.34. The molecule has 1 aromatic heterocycles. The number of benzene rings is 2. The summed E-state index contributed by atoms with van der Waals surface area (Å²) in [4.78, 5) is 15.9. The summed E-state index contributed by atoms with van der Waals surface area (Å²) in [5.74, 6) is 1.08. The highest BCUT2D eigenvalue weighted by molar-refractivity contribution is 5.84. The zero-order valence-electron chi connectivity index (χ0n) is 16.9. The highest BCUT2D eigenvalue weighted by Crippen LogP contribution is 2.28. The molecule has 0 amide bonds. The molecule has 152 valence electrons. The van der Waals surface area contributed by atoms with Crippen LogP contribution >= 0.6 is 0 Å². The lowest BCUT2D eigenvalue weighted by atomic mass is 10.1. The summed E-state index contributed by atoms with van der Waals surface area (Å²) >= 11 is 0. The van der Waals surface area contributed by atoms with Crippen LogP contribution in [-0.4, -0.2) is 37.9 Å². The van der Waals surface area contributed by atoms with E-state index in [0.717, 1.165) is 55.1 Å². The molecular formula is C23H27N2O4+. The first kappa shape index (κ1) is 19.3. The minimum atomic E-state index is -0.370. The van der Waals surface area contributed by atoms with Crippen LogP contribution in [0.3, 0.4) is 0 Å². The number of ether oxygens (including phenoxy) is 1. The number of para-hydroxylation sites is 2. The normalized spacial score (nSPS) is 15.0. The third-order valence-electron chi connectivity index (χ3n) is 5.63. The number of fused-ring (bicyclic) bond motifs is 1. The number of aromatic hydroxyl groups is 1. The molecule has 0 unspecified atom stereocenters. The standard InChI is InChI=1S/C23H26N2O4/c1-3-28-21-7-5-4-6-19(21)25-12-10-24(11-13-25)15-17-14-22(27)29-23-16(2)20(26)9-8-18(17)23/h4-9,14,26H,3,10-13,15H2,1-2H3/p+1. The molecule has 29 heavy (non-hydrogen) atoms. The van der Waals surface area contributed by atoms with E-state index < -0.39 is 0 Å². The van der Waals surface area contributed by atoms with Crippen LogP contribution in [0.25, 0.3) is 11.0 Å². The minimum absolute atomic E-state index is 0.145. The van der Waals surface area contributed by atoms with Gasteiger partial charge in [-0.1, -0.05) is 12.1 Å². The molecule has 1 aliphatic heterocycles. The maximum absolute atomic E-state index is 12.1. The minimum Gasteiger partial charge on any atom is -0.508 e. The van der Waals surface area contributed by atoms with Gasteiger partial charge in [0, 0.05) is 22.6 Å². The molecule has 0 bridgehead atoms. The number of nitrogens with one attached hydrogen (secondary N) is 1. The zero-order chi connectivity index (χ0) is 20.4. The van der Waals surface area contributed by atoms with Crippen LogP contribution in [0.4, 0.5) is 5.69 Å². The monoisotopic (exact) mass is 395 g/mol. The largest absolute Gasteiger partial charge is 0.508 e. The molecule has 0 spiro atoms. The number of phenolic OH excluding ortho intramolecular Hbond substituents is 1. The van der Waals surface area contributed by atoms with E-state index in [2.05, 4.69) is 11.0 Å². The van der Waals surface area contributed by atoms with Crippen molar-refractivity contribution >= 4 is 16.7 Å². The van der Waals surface area contributed by atoms with E-state index in [0.29, 0.717) is 17.8 Å². The molecule has 0 aliphatic carbocycles. The van der Waals surface area contributed by atoms with Crippen molar-refractivity contribution in [1.29, 1.82) is 0 Å². The van der Waals surface area contributed by atoms with E-state index in [1.54, 1.807) is 19.1 Å². The van der Waals surface area contributed by atoms with Crippen molar-refractivity contribution in [3.05, 3.63) is 64.0 Å². The molecule has 1 fully saturated rings. The van der Waals surface area contributed by atoms with Gasteiger partial charge in [-0.3, -0.25) is 0 Å². The summed E-state index contributed by atoms with van der Waals surface area (Å²) in [7, 11) is 0. The fraction of sp³-hybridized carbons (Fsp3) is 0.348. The van der Waals surface area contributed by atoms with Gasteiger partial charge in [-0.2, -0.15) is 0 Å². The quantitative estimate of drug-likeness (QED) is 0.648. The Balaban J connectivity index is 1.51. The van der Waals surface area contributed by atoms with Crippen molar-refractivity contribution in [2.45, 2.75) is 20.4 Å². The number of nitrogens with zero attached hydrogens (tertiary/aromatic N) is 1. The molecule has 0 saturated carbocycles. The Hall–Kier alpha value is -2.99. The fourth-order valence-corrected chi connectivity index (χ4v) is 4.07. The second-order valence-electron chi connectivity index (χ2n) is 7.49. The Morgan fingerprint density at radius 1 is 1.17 bits per heavy atom. The fourth-order valence-electron chi connectivity index (χ4n) is 4.07. The van der Waals surface area contributed by atoms with Crippen LogP contribution in [0.2, 0.25) is 0 Å². The summed E-state index contributed by atoms with van der Waals surface area (Å²) in [6, 6.07) is 13.3. The van der Waals surface area contributed by atoms with Crippen molar-refractivity contribution in [1.82, 2.24) is 0 Å². The second kappa shape index (κ2) is 8.17. The number of hydrogen-bond donors (Lipinski definition) is 2. The molecule has 0 atom stereocenters. The first-order chi connectivity index (χ1) is 14.1. The van der Waals surface area contributed by atoms with E-state index in [1.807, 2.05) is 31.2 Å². The van der Waals surface area contributed by atoms with E-state index in [9.17, 15) is 9.90 Å². The SMILES string of the molecule is CCOc1ccccc1N1CC[NH+](Cc2cc(=O)oc3c(C)c(O)ccc23)CC1. The molecular weight excluding hydrogens is 368 g/mol. The molecule has 1 aliphatic rings. The maximum Gasteiger partial charge on any atom is 0.336 e. The van der Waals surface area contributed by atoms with Gasteiger partial charge in [0.25, 0.3) is 0 Å². The number of aryl methyl sites for hydroxylation is 1. The predicted molar refractivity (Wildman–Crippen MR) is 113 cm³/mol. The Morgan fingerprint density at radius 2 is 1.93 bits per heavy atom. The van der Waals surface area contributed by atoms with E-state index >= 15 is 0 Å². The van der Waals surface area contributed by atoms with Gasteiger partial charge in [-0.15, -0.1) is 0 Å². The van der Waals surface area contributed by atoms with Gasteiger partial charge in [0.15, 0.2) is 0 Å². The van der Waals surface area contributed by atoms with Crippen LogP contribution in [0.5, 0.6) is 11.5 Å². The van der Waals surface area contributed by atoms with Gasteiger partial charge >= 0.3 is 5.63 Å². The van der Waals surface area contributed by atoms with E-state index in [4.69, 9.17) is 9.15 Å². The summed E-state index contributed by atoms with van der Waals surface area (Å²) < 4.78 is 11.1. The van der Waals surface area contributed by atoms with Gasteiger partial charge in [0.1, 0.15) is 23.6 Å². The highest BCUT2D eigenvalue weighted by Gasteiger charge is 2.23. The number of quaternary nitrogens is 1. The smallest absolute Gasteiger partial charge is 0.336 e. The molecule has 2 heterocycles. The van der Waals surface area contributed by atoms with Crippen molar-refractivity contribution in [2.24, 2.45) is 0 Å². The average Bonchev–Trinajstić information content (AvgIpc) is 2.72. The first-order valence-corrected chi connectivity index (χ1v) is 10.1. The molecule has 6 heteroatoms. The van der Waals surface area contributed by atoms with Crippen molar-refractivity contribution in [2.75, 3.05) is 37.7 Å². The van der Waals surface area contributed by atoms with Crippen molar-refractivity contribution in [3.63, 3.8) is 0 Å². The Bertz CT molecular complexity index is 1070. The lowest BCUT2D eigenvalue weighted by Crippen LogP contribution is -3.13. The van der Waals surface area contributed by atoms with Gasteiger partial charge < -0.3 is 24.1 Å². The number of piperazine rings is 1. The third-order valence-corrected chi connectivity index (χ3v) is 5.63. The molecule has 1 saturated heterocycles. The average molecular weight is 395 g/mol. The number of phenols is 1. The van der Waals surface area contributed by atoms with Gasteiger partial charge in [-0.05, 0) is 38.1 Å². The molecule has 6 nitrogen and oxygen atoms in total. The van der Waals surface area contributed by atoms with Crippen molar-refractivity contribution < 1.29 is 19.2 Å². The van der Waals surface area contributed by atoms with Crippen LogP contribution in [-0.2, 0) is 6.54 Å². The van der Waals surface area contributed by atoms with Gasteiger partial charge in [-0.25, -0.2) is 4.79 Å². The Kier molecular flexibility index (Phi) is 5.45. The summed E-state index contributed by atoms with van der Waals surface area (Å²) in [5.41, 5.74) is 2.83. The van der Waals surface area contributed by atoms with Crippen LogP contribution < -0.4 is 20.2 Å². The van der Waals surface area contributed by atoms with Crippen molar-refractivity contribution in [3.8, 4) is 11.5 Å². The number of rotatable bonds is 5. The van der Waals surface area contributed by atoms with E-state index in [1.165, 1.54) is 4.90 Å². The number of anilines is 1.